The van der Waals surface area contributed by atoms with Crippen LogP contribution < -0.4 is 16.0 Å². The van der Waals surface area contributed by atoms with Crippen molar-refractivity contribution in [1.82, 2.24) is 9.71 Å². The number of rotatable bonds is 4. The van der Waals surface area contributed by atoms with Crippen LogP contribution in [0.3, 0.4) is 0 Å². The first-order valence-corrected chi connectivity index (χ1v) is 8.03. The quantitative estimate of drug-likeness (QED) is 0.541. The summed E-state index contributed by atoms with van der Waals surface area (Å²) in [6.07, 6.45) is 2.79. The van der Waals surface area contributed by atoms with Gasteiger partial charge in [0.15, 0.2) is 5.82 Å². The number of ether oxygens (including phenoxy) is 1. The molecule has 0 saturated carbocycles. The van der Waals surface area contributed by atoms with E-state index < -0.39 is 10.0 Å². The molecule has 4 N–H and O–H groups in total. The fourth-order valence-electron chi connectivity index (χ4n) is 1.83. The second kappa shape index (κ2) is 6.14. The molecule has 106 valence electrons. The Hall–Kier alpha value is -0.740. The molecule has 1 aliphatic rings. The van der Waals surface area contributed by atoms with Crippen LogP contribution >= 0.6 is 15.9 Å². The Morgan fingerprint density at radius 1 is 1.42 bits per heavy atom. The standard InChI is InChI=1S/C10H15BrN4O3S/c11-7-5-9(10(14-12)13-6-7)19(16,17)15-8-1-3-18-4-2-8/h5-6,8,15H,1-4,12H2,(H,13,14). The average Bonchev–Trinajstić information content (AvgIpc) is 2.39. The molecule has 2 heterocycles. The Morgan fingerprint density at radius 3 is 2.74 bits per heavy atom. The van der Waals surface area contributed by atoms with Gasteiger partial charge in [-0.1, -0.05) is 0 Å². The summed E-state index contributed by atoms with van der Waals surface area (Å²) < 4.78 is 33.1. The molecule has 0 aliphatic carbocycles. The van der Waals surface area contributed by atoms with Crippen LogP contribution in [0.25, 0.3) is 0 Å². The molecule has 0 radical (unpaired) electrons. The smallest absolute Gasteiger partial charge is 0.244 e. The van der Waals surface area contributed by atoms with Gasteiger partial charge in [0, 0.05) is 29.9 Å². The van der Waals surface area contributed by atoms with E-state index in [2.05, 4.69) is 31.1 Å². The van der Waals surface area contributed by atoms with Crippen LogP contribution in [0.1, 0.15) is 12.8 Å². The molecule has 1 fully saturated rings. The van der Waals surface area contributed by atoms with E-state index >= 15 is 0 Å². The lowest BCUT2D eigenvalue weighted by molar-refractivity contribution is 0.0832. The molecule has 1 aromatic heterocycles. The zero-order valence-electron chi connectivity index (χ0n) is 10.1. The largest absolute Gasteiger partial charge is 0.381 e. The maximum absolute atomic E-state index is 12.3. The van der Waals surface area contributed by atoms with E-state index in [0.717, 1.165) is 0 Å². The van der Waals surface area contributed by atoms with Gasteiger partial charge in [0.2, 0.25) is 10.0 Å². The van der Waals surface area contributed by atoms with Gasteiger partial charge in [0.05, 0.1) is 0 Å². The molecule has 1 aromatic rings. The van der Waals surface area contributed by atoms with Crippen LogP contribution in [0, 0.1) is 0 Å². The van der Waals surface area contributed by atoms with E-state index in [1.54, 1.807) is 0 Å². The number of pyridine rings is 1. The summed E-state index contributed by atoms with van der Waals surface area (Å²) in [7, 11) is -3.67. The van der Waals surface area contributed by atoms with Crippen molar-refractivity contribution >= 4 is 31.8 Å². The summed E-state index contributed by atoms with van der Waals surface area (Å²) in [5, 5.41) is 0. The van der Waals surface area contributed by atoms with Crippen LogP contribution in [0.2, 0.25) is 0 Å². The van der Waals surface area contributed by atoms with Crippen LogP contribution in [-0.4, -0.2) is 32.7 Å². The lowest BCUT2D eigenvalue weighted by Gasteiger charge is -2.23. The van der Waals surface area contributed by atoms with E-state index in [0.29, 0.717) is 30.5 Å². The number of hydrazine groups is 1. The molecule has 9 heteroatoms. The zero-order valence-corrected chi connectivity index (χ0v) is 12.5. The highest BCUT2D eigenvalue weighted by atomic mass is 79.9. The van der Waals surface area contributed by atoms with Gasteiger partial charge in [-0.15, -0.1) is 0 Å². The number of nitrogens with one attached hydrogen (secondary N) is 2. The maximum atomic E-state index is 12.3. The molecule has 7 nitrogen and oxygen atoms in total. The minimum absolute atomic E-state index is 0.0240. The fraction of sp³-hybridized carbons (Fsp3) is 0.500. The van der Waals surface area contributed by atoms with E-state index in [4.69, 9.17) is 10.6 Å². The van der Waals surface area contributed by atoms with Gasteiger partial charge in [-0.3, -0.25) is 0 Å². The molecule has 0 spiro atoms. The van der Waals surface area contributed by atoms with Crippen molar-refractivity contribution in [3.63, 3.8) is 0 Å². The third kappa shape index (κ3) is 3.63. The highest BCUT2D eigenvalue weighted by Crippen LogP contribution is 2.23. The van der Waals surface area contributed by atoms with E-state index in [1.807, 2.05) is 0 Å². The van der Waals surface area contributed by atoms with Crippen molar-refractivity contribution in [2.24, 2.45) is 5.84 Å². The number of nitrogens with two attached hydrogens (primary N) is 1. The van der Waals surface area contributed by atoms with Crippen molar-refractivity contribution in [1.29, 1.82) is 0 Å². The monoisotopic (exact) mass is 350 g/mol. The van der Waals surface area contributed by atoms with Crippen molar-refractivity contribution < 1.29 is 13.2 Å². The molecular formula is C10H15BrN4O3S. The Morgan fingerprint density at radius 2 is 2.11 bits per heavy atom. The Labute approximate surface area is 120 Å². The summed E-state index contributed by atoms with van der Waals surface area (Å²) in [6, 6.07) is 1.34. The van der Waals surface area contributed by atoms with Crippen LogP contribution in [-0.2, 0) is 14.8 Å². The highest BCUT2D eigenvalue weighted by Gasteiger charge is 2.25. The maximum Gasteiger partial charge on any atom is 0.244 e. The Kier molecular flexibility index (Phi) is 4.74. The van der Waals surface area contributed by atoms with E-state index in [9.17, 15) is 8.42 Å². The molecule has 0 unspecified atom stereocenters. The van der Waals surface area contributed by atoms with Gasteiger partial charge in [0.25, 0.3) is 0 Å². The lowest BCUT2D eigenvalue weighted by Crippen LogP contribution is -2.39. The summed E-state index contributed by atoms with van der Waals surface area (Å²) in [4.78, 5) is 3.95. The molecule has 2 rings (SSSR count). The minimum atomic E-state index is -3.67. The molecule has 0 amide bonds. The molecule has 1 saturated heterocycles. The third-order valence-corrected chi connectivity index (χ3v) is 4.76. The van der Waals surface area contributed by atoms with Crippen molar-refractivity contribution in [2.45, 2.75) is 23.8 Å². The van der Waals surface area contributed by atoms with Gasteiger partial charge in [-0.25, -0.2) is 24.0 Å². The predicted octanol–water partition coefficient (Wildman–Crippen LogP) is 0.587. The highest BCUT2D eigenvalue weighted by molar-refractivity contribution is 9.10. The van der Waals surface area contributed by atoms with Gasteiger partial charge >= 0.3 is 0 Å². The Bertz CT molecular complexity index is 546. The topological polar surface area (TPSA) is 106 Å². The number of nitrogens with zero attached hydrogens (tertiary/aromatic N) is 1. The normalized spacial score (nSPS) is 17.4. The number of halogens is 1. The first kappa shape index (κ1) is 14.7. The summed E-state index contributed by atoms with van der Waals surface area (Å²) in [5.74, 6) is 5.40. The molecule has 0 bridgehead atoms. The lowest BCUT2D eigenvalue weighted by atomic mass is 10.1. The number of sulfonamides is 1. The summed E-state index contributed by atoms with van der Waals surface area (Å²) >= 11 is 3.20. The third-order valence-electron chi connectivity index (χ3n) is 2.79. The molecule has 1 aliphatic heterocycles. The van der Waals surface area contributed by atoms with Gasteiger partial charge in [-0.05, 0) is 34.8 Å². The minimum Gasteiger partial charge on any atom is -0.381 e. The first-order valence-electron chi connectivity index (χ1n) is 5.75. The first-order chi connectivity index (χ1) is 9.03. The fourth-order valence-corrected chi connectivity index (χ4v) is 3.76. The predicted molar refractivity (Wildman–Crippen MR) is 73.9 cm³/mol. The van der Waals surface area contributed by atoms with Crippen LogP contribution in [0.15, 0.2) is 21.6 Å². The zero-order chi connectivity index (χ0) is 13.9. The van der Waals surface area contributed by atoms with Crippen LogP contribution in [0.5, 0.6) is 0 Å². The van der Waals surface area contributed by atoms with Crippen LogP contribution in [0.4, 0.5) is 5.82 Å². The van der Waals surface area contributed by atoms with E-state index in [1.165, 1.54) is 12.3 Å². The number of hydrogen-bond donors (Lipinski definition) is 3. The number of nitrogen functional groups attached to an aromatic ring is 1. The molecule has 0 aromatic carbocycles. The summed E-state index contributed by atoms with van der Waals surface area (Å²) in [5.41, 5.74) is 2.29. The molecule has 19 heavy (non-hydrogen) atoms. The number of aromatic nitrogens is 1. The Balaban J connectivity index is 2.25. The average molecular weight is 351 g/mol. The number of anilines is 1. The number of hydrogen-bond acceptors (Lipinski definition) is 6. The molecule has 0 atom stereocenters. The van der Waals surface area contributed by atoms with Gasteiger partial charge < -0.3 is 10.2 Å². The van der Waals surface area contributed by atoms with Crippen molar-refractivity contribution in [3.05, 3.63) is 16.7 Å². The second-order valence-corrected chi connectivity index (χ2v) is 6.75. The van der Waals surface area contributed by atoms with E-state index in [-0.39, 0.29) is 16.8 Å². The summed E-state index contributed by atoms with van der Waals surface area (Å²) in [6.45, 7) is 1.12. The molecular weight excluding hydrogens is 336 g/mol. The van der Waals surface area contributed by atoms with Crippen molar-refractivity contribution in [3.8, 4) is 0 Å². The van der Waals surface area contributed by atoms with Gasteiger partial charge in [0.1, 0.15) is 4.90 Å². The second-order valence-electron chi connectivity index (χ2n) is 4.15. The SMILES string of the molecule is NNc1ncc(Br)cc1S(=O)(=O)NC1CCOCC1. The van der Waals surface area contributed by atoms with Gasteiger partial charge in [-0.2, -0.15) is 0 Å². The van der Waals surface area contributed by atoms with Crippen molar-refractivity contribution in [2.75, 3.05) is 18.6 Å².